The van der Waals surface area contributed by atoms with Crippen molar-refractivity contribution >= 4 is 34.2 Å². The Labute approximate surface area is 260 Å². The van der Waals surface area contributed by atoms with Crippen LogP contribution in [0.4, 0.5) is 0 Å². The summed E-state index contributed by atoms with van der Waals surface area (Å²) in [6, 6.07) is 7.68. The molecule has 0 spiro atoms. The van der Waals surface area contributed by atoms with Gasteiger partial charge in [-0.1, -0.05) is 5.16 Å². The zero-order valence-electron chi connectivity index (χ0n) is 23.8. The zero-order valence-corrected chi connectivity index (χ0v) is 25.5. The maximum absolute atomic E-state index is 11.9. The third-order valence-corrected chi connectivity index (χ3v) is 9.57. The molecule has 0 aromatic carbocycles. The molecule has 0 aliphatic heterocycles. The van der Waals surface area contributed by atoms with Gasteiger partial charge in [0.1, 0.15) is 34.2 Å². The molecule has 2 aliphatic carbocycles. The van der Waals surface area contributed by atoms with E-state index in [1.165, 1.54) is 4.88 Å². The van der Waals surface area contributed by atoms with E-state index in [-0.39, 0.29) is 5.78 Å². The predicted octanol–water partition coefficient (Wildman–Crippen LogP) is 5.99. The van der Waals surface area contributed by atoms with Crippen molar-refractivity contribution in [1.29, 1.82) is 0 Å². The second kappa shape index (κ2) is 12.4. The van der Waals surface area contributed by atoms with E-state index in [2.05, 4.69) is 30.3 Å². The average Bonchev–Trinajstić information content (AvgIpc) is 3.88. The van der Waals surface area contributed by atoms with Gasteiger partial charge in [0, 0.05) is 52.1 Å². The van der Waals surface area contributed by atoms with Crippen LogP contribution in [0.15, 0.2) is 79.0 Å². The molecular weight excluding hydrogens is 595 g/mol. The van der Waals surface area contributed by atoms with Crippen LogP contribution in [0.1, 0.15) is 51.6 Å². The predicted molar refractivity (Wildman–Crippen MR) is 169 cm³/mol. The molecule has 0 radical (unpaired) electrons. The summed E-state index contributed by atoms with van der Waals surface area (Å²) in [5.41, 5.74) is 6.36. The molecule has 6 aromatic rings. The van der Waals surface area contributed by atoms with Crippen molar-refractivity contribution in [3.63, 3.8) is 0 Å². The molecule has 220 valence electrons. The number of carbonyl (C=O) groups excluding carboxylic acids is 1. The first-order valence-electron chi connectivity index (χ1n) is 14.2. The van der Waals surface area contributed by atoms with Crippen LogP contribution in [0.25, 0.3) is 32.5 Å². The van der Waals surface area contributed by atoms with E-state index in [0.29, 0.717) is 12.1 Å². The highest BCUT2D eigenvalue weighted by Crippen LogP contribution is 2.34. The van der Waals surface area contributed by atoms with Gasteiger partial charge in [-0.25, -0.2) is 19.3 Å². The number of carbonyl (C=O) groups is 1. The number of Topliss-reactive ketones (excluding diaryl/α,β-unsaturated/α-hetero) is 1. The number of nitrogens with zero attached hydrogens (tertiary/aromatic N) is 9. The van der Waals surface area contributed by atoms with E-state index in [9.17, 15) is 4.79 Å². The molecule has 11 nitrogen and oxygen atoms in total. The SMILES string of the molecule is CO/N=C1\CCCc2sc(-c3cnn(-c4cccnc4)c3)nc21.O=C1CCCc2sc(-c3cnn(-c4cccnc4)c3)nc21. The normalized spacial score (nSPS) is 14.9. The largest absolute Gasteiger partial charge is 0.399 e. The molecule has 13 heteroatoms. The van der Waals surface area contributed by atoms with Crippen LogP contribution in [0.5, 0.6) is 0 Å². The highest BCUT2D eigenvalue weighted by Gasteiger charge is 2.24. The fourth-order valence-electron chi connectivity index (χ4n) is 5.12. The van der Waals surface area contributed by atoms with Crippen LogP contribution in [-0.4, -0.2) is 58.1 Å². The van der Waals surface area contributed by atoms with Crippen LogP contribution >= 0.6 is 22.7 Å². The highest BCUT2D eigenvalue weighted by molar-refractivity contribution is 7.15. The van der Waals surface area contributed by atoms with Gasteiger partial charge < -0.3 is 4.84 Å². The number of oxime groups is 1. The van der Waals surface area contributed by atoms with E-state index in [4.69, 9.17) is 9.82 Å². The molecule has 0 bridgehead atoms. The first kappa shape index (κ1) is 27.9. The summed E-state index contributed by atoms with van der Waals surface area (Å²) >= 11 is 3.31. The van der Waals surface area contributed by atoms with Crippen LogP contribution in [0.3, 0.4) is 0 Å². The fourth-order valence-corrected chi connectivity index (χ4v) is 7.32. The Balaban J connectivity index is 0.000000143. The lowest BCUT2D eigenvalue weighted by molar-refractivity contribution is 0.0968. The van der Waals surface area contributed by atoms with Crippen molar-refractivity contribution in [2.75, 3.05) is 7.11 Å². The van der Waals surface area contributed by atoms with Crippen molar-refractivity contribution < 1.29 is 9.63 Å². The molecule has 0 saturated carbocycles. The van der Waals surface area contributed by atoms with Gasteiger partial charge in [0.2, 0.25) is 0 Å². The van der Waals surface area contributed by atoms with Gasteiger partial charge in [0.15, 0.2) is 5.78 Å². The lowest BCUT2D eigenvalue weighted by Crippen LogP contribution is -2.10. The molecule has 44 heavy (non-hydrogen) atoms. The summed E-state index contributed by atoms with van der Waals surface area (Å²) in [6.45, 7) is 0. The second-order valence-corrected chi connectivity index (χ2v) is 12.4. The average molecular weight is 622 g/mol. The Morgan fingerprint density at radius 3 is 1.86 bits per heavy atom. The molecule has 0 atom stereocenters. The number of pyridine rings is 2. The minimum atomic E-state index is 0.165. The summed E-state index contributed by atoms with van der Waals surface area (Å²) in [7, 11) is 1.58. The third-order valence-electron chi connectivity index (χ3n) is 7.24. The monoisotopic (exact) mass is 621 g/mol. The van der Waals surface area contributed by atoms with Gasteiger partial charge in [-0.2, -0.15) is 10.2 Å². The molecular formula is C31H27N9O2S2. The van der Waals surface area contributed by atoms with Crippen molar-refractivity contribution in [3.8, 4) is 32.5 Å². The lowest BCUT2D eigenvalue weighted by atomic mass is 10.0. The van der Waals surface area contributed by atoms with Crippen LogP contribution < -0.4 is 0 Å². The molecule has 6 heterocycles. The Morgan fingerprint density at radius 1 is 0.750 bits per heavy atom. The standard InChI is InChI=1S/C16H15N5OS.C15H12N4OS/c1-22-20-13-5-2-6-14-15(13)19-16(23-14)11-8-18-21(10-11)12-4-3-7-17-9-12;20-12-4-1-5-13-14(12)18-15(21-13)10-7-17-19(9-10)11-3-2-6-16-8-11/h3-4,7-10H,2,5-6H2,1H3;2-3,6-9H,1,4-5H2/b20-13+;. The number of aromatic nitrogens is 8. The zero-order chi connectivity index (χ0) is 29.9. The Morgan fingerprint density at radius 2 is 1.32 bits per heavy atom. The van der Waals surface area contributed by atoms with Crippen LogP contribution in [0, 0.1) is 0 Å². The van der Waals surface area contributed by atoms with Crippen molar-refractivity contribution in [1.82, 2.24) is 39.5 Å². The summed E-state index contributed by atoms with van der Waals surface area (Å²) in [4.78, 5) is 36.7. The summed E-state index contributed by atoms with van der Waals surface area (Å²) < 4.78 is 3.58. The number of hydrogen-bond donors (Lipinski definition) is 0. The molecule has 0 N–H and O–H groups in total. The number of thiazole rings is 2. The third kappa shape index (κ3) is 5.71. The van der Waals surface area contributed by atoms with Gasteiger partial charge in [-0.3, -0.25) is 14.8 Å². The number of hydrogen-bond acceptors (Lipinski definition) is 11. The summed E-state index contributed by atoms with van der Waals surface area (Å²) in [6.07, 6.45) is 20.1. The van der Waals surface area contributed by atoms with Crippen LogP contribution in [0.2, 0.25) is 0 Å². The van der Waals surface area contributed by atoms with Crippen molar-refractivity contribution in [2.45, 2.75) is 38.5 Å². The Bertz CT molecular complexity index is 1940. The van der Waals surface area contributed by atoms with E-state index >= 15 is 0 Å². The van der Waals surface area contributed by atoms with E-state index in [1.807, 2.05) is 47.5 Å². The minimum Gasteiger partial charge on any atom is -0.399 e. The topological polar surface area (TPSA) is 126 Å². The maximum atomic E-state index is 11.9. The summed E-state index contributed by atoms with van der Waals surface area (Å²) in [5.74, 6) is 0.165. The van der Waals surface area contributed by atoms with E-state index in [0.717, 1.165) is 80.9 Å². The Hall–Kier alpha value is -4.88. The van der Waals surface area contributed by atoms with E-state index < -0.39 is 0 Å². The molecule has 0 fully saturated rings. The highest BCUT2D eigenvalue weighted by atomic mass is 32.1. The van der Waals surface area contributed by atoms with Gasteiger partial charge in [0.25, 0.3) is 0 Å². The van der Waals surface area contributed by atoms with Gasteiger partial charge in [-0.15, -0.1) is 22.7 Å². The number of aryl methyl sites for hydroxylation is 2. The first-order valence-corrected chi connectivity index (χ1v) is 15.8. The van der Waals surface area contributed by atoms with Crippen LogP contribution in [-0.2, 0) is 17.7 Å². The molecule has 0 amide bonds. The molecule has 0 saturated heterocycles. The number of fused-ring (bicyclic) bond motifs is 2. The quantitative estimate of drug-likeness (QED) is 0.215. The van der Waals surface area contributed by atoms with Gasteiger partial charge >= 0.3 is 0 Å². The number of rotatable bonds is 5. The second-order valence-electron chi connectivity index (χ2n) is 10.2. The molecule has 0 unspecified atom stereocenters. The van der Waals surface area contributed by atoms with Crippen molar-refractivity contribution in [2.24, 2.45) is 5.16 Å². The molecule has 2 aliphatic rings. The lowest BCUT2D eigenvalue weighted by Gasteiger charge is -2.10. The van der Waals surface area contributed by atoms with Crippen molar-refractivity contribution in [3.05, 3.63) is 95.0 Å². The Kier molecular flexibility index (Phi) is 7.86. The molecule has 8 rings (SSSR count). The molecule has 6 aromatic heterocycles. The first-order chi connectivity index (χ1) is 21.7. The van der Waals surface area contributed by atoms with E-state index in [1.54, 1.807) is 65.4 Å². The fraction of sp³-hybridized carbons (Fsp3) is 0.226. The summed E-state index contributed by atoms with van der Waals surface area (Å²) in [5, 5.41) is 14.7. The smallest absolute Gasteiger partial charge is 0.182 e. The number of ketones is 1. The van der Waals surface area contributed by atoms with Gasteiger partial charge in [-0.05, 0) is 56.4 Å². The maximum Gasteiger partial charge on any atom is 0.182 e. The minimum absolute atomic E-state index is 0.165. The van der Waals surface area contributed by atoms with Gasteiger partial charge in [0.05, 0.1) is 36.2 Å².